The third-order valence-electron chi connectivity index (χ3n) is 2.75. The van der Waals surface area contributed by atoms with E-state index >= 15 is 0 Å². The highest BCUT2D eigenvalue weighted by Crippen LogP contribution is 2.18. The first-order valence-corrected chi connectivity index (χ1v) is 6.28. The lowest BCUT2D eigenvalue weighted by Crippen LogP contribution is -2.13. The van der Waals surface area contributed by atoms with Crippen LogP contribution >= 0.6 is 11.3 Å². The van der Waals surface area contributed by atoms with E-state index in [0.717, 1.165) is 37.0 Å². The number of hydrogen-bond donors (Lipinski definition) is 1. The molecule has 2 heterocycles. The van der Waals surface area contributed by atoms with Crippen molar-refractivity contribution in [1.82, 2.24) is 10.3 Å². The van der Waals surface area contributed by atoms with E-state index in [2.05, 4.69) is 17.2 Å². The van der Waals surface area contributed by atoms with Gasteiger partial charge in [0, 0.05) is 6.54 Å². The van der Waals surface area contributed by atoms with Gasteiger partial charge in [-0.15, -0.1) is 11.3 Å². The summed E-state index contributed by atoms with van der Waals surface area (Å²) in [4.78, 5) is 5.66. The second-order valence-electron chi connectivity index (χ2n) is 4.12. The first-order chi connectivity index (χ1) is 7.25. The molecule has 0 amide bonds. The third-order valence-corrected chi connectivity index (χ3v) is 3.80. The van der Waals surface area contributed by atoms with Crippen molar-refractivity contribution in [2.24, 2.45) is 5.92 Å². The summed E-state index contributed by atoms with van der Waals surface area (Å²) in [6.07, 6.45) is 1.25. The minimum Gasteiger partial charge on any atom is -0.376 e. The Morgan fingerprint density at radius 2 is 2.40 bits per heavy atom. The Labute approximate surface area is 94.9 Å². The fourth-order valence-corrected chi connectivity index (χ4v) is 2.76. The molecule has 0 aliphatic carbocycles. The monoisotopic (exact) mass is 226 g/mol. The zero-order valence-corrected chi connectivity index (χ0v) is 10.2. The van der Waals surface area contributed by atoms with Crippen molar-refractivity contribution < 1.29 is 4.74 Å². The largest absolute Gasteiger partial charge is 0.376 e. The second kappa shape index (κ2) is 5.05. The van der Waals surface area contributed by atoms with Gasteiger partial charge >= 0.3 is 0 Å². The fourth-order valence-electron chi connectivity index (χ4n) is 1.88. The number of nitrogens with one attached hydrogen (secondary N) is 1. The standard InChI is InChI=1S/C11H18N2OS/c1-8-11(15-9(2)13-8)7-14-6-10-3-4-12-5-10/h10,12H,3-7H2,1-2H3/t10-/m0/s1. The highest BCUT2D eigenvalue weighted by molar-refractivity contribution is 7.11. The van der Waals surface area contributed by atoms with Crippen LogP contribution in [0.15, 0.2) is 0 Å². The molecule has 2 rings (SSSR count). The van der Waals surface area contributed by atoms with E-state index in [1.165, 1.54) is 11.3 Å². The summed E-state index contributed by atoms with van der Waals surface area (Å²) in [6.45, 7) is 7.96. The van der Waals surface area contributed by atoms with Crippen LogP contribution in [0.25, 0.3) is 0 Å². The highest BCUT2D eigenvalue weighted by atomic mass is 32.1. The van der Waals surface area contributed by atoms with E-state index in [1.54, 1.807) is 11.3 Å². The molecule has 1 aromatic rings. The Morgan fingerprint density at radius 1 is 1.53 bits per heavy atom. The summed E-state index contributed by atoms with van der Waals surface area (Å²) in [5.74, 6) is 0.708. The fraction of sp³-hybridized carbons (Fsp3) is 0.727. The molecule has 1 aliphatic rings. The minimum absolute atomic E-state index is 0.708. The van der Waals surface area contributed by atoms with Crippen LogP contribution in [0.1, 0.15) is 22.0 Å². The average Bonchev–Trinajstić information content (AvgIpc) is 2.77. The van der Waals surface area contributed by atoms with Crippen LogP contribution in [0.5, 0.6) is 0 Å². The van der Waals surface area contributed by atoms with Gasteiger partial charge in [-0.25, -0.2) is 4.98 Å². The highest BCUT2D eigenvalue weighted by Gasteiger charge is 2.14. The van der Waals surface area contributed by atoms with Crippen LogP contribution in [0.3, 0.4) is 0 Å². The van der Waals surface area contributed by atoms with Crippen LogP contribution in [-0.4, -0.2) is 24.7 Å². The number of rotatable bonds is 4. The first kappa shape index (κ1) is 11.0. The number of ether oxygens (including phenoxy) is 1. The molecule has 1 N–H and O–H groups in total. The minimum atomic E-state index is 0.708. The predicted octanol–water partition coefficient (Wildman–Crippen LogP) is 1.89. The molecule has 0 spiro atoms. The lowest BCUT2D eigenvalue weighted by Gasteiger charge is -2.08. The molecule has 3 nitrogen and oxygen atoms in total. The molecule has 1 aromatic heterocycles. The Hall–Kier alpha value is -0.450. The molecule has 0 radical (unpaired) electrons. The molecule has 1 saturated heterocycles. The quantitative estimate of drug-likeness (QED) is 0.851. The van der Waals surface area contributed by atoms with E-state index < -0.39 is 0 Å². The summed E-state index contributed by atoms with van der Waals surface area (Å²) in [5.41, 5.74) is 1.13. The van der Waals surface area contributed by atoms with E-state index in [1.807, 2.05) is 6.92 Å². The van der Waals surface area contributed by atoms with Crippen molar-refractivity contribution in [2.45, 2.75) is 26.9 Å². The van der Waals surface area contributed by atoms with Crippen molar-refractivity contribution in [3.05, 3.63) is 15.6 Å². The Morgan fingerprint density at radius 3 is 3.00 bits per heavy atom. The second-order valence-corrected chi connectivity index (χ2v) is 5.40. The number of nitrogens with zero attached hydrogens (tertiary/aromatic N) is 1. The molecule has 0 bridgehead atoms. The van der Waals surface area contributed by atoms with Crippen LogP contribution in [0, 0.1) is 19.8 Å². The van der Waals surface area contributed by atoms with Crippen molar-refractivity contribution in [3.63, 3.8) is 0 Å². The summed E-state index contributed by atoms with van der Waals surface area (Å²) in [5, 5.41) is 4.48. The SMILES string of the molecule is Cc1nc(C)c(COC[C@H]2CCNC2)s1. The number of thiazole rings is 1. The molecule has 1 atom stereocenters. The van der Waals surface area contributed by atoms with Gasteiger partial charge in [0.25, 0.3) is 0 Å². The zero-order valence-electron chi connectivity index (χ0n) is 9.38. The first-order valence-electron chi connectivity index (χ1n) is 5.47. The predicted molar refractivity (Wildman–Crippen MR) is 62.2 cm³/mol. The molecule has 1 aliphatic heterocycles. The normalized spacial score (nSPS) is 21.1. The van der Waals surface area contributed by atoms with Gasteiger partial charge in [0.2, 0.25) is 0 Å². The average molecular weight is 226 g/mol. The van der Waals surface area contributed by atoms with Gasteiger partial charge in [0.1, 0.15) is 0 Å². The molecule has 15 heavy (non-hydrogen) atoms. The number of hydrogen-bond acceptors (Lipinski definition) is 4. The van der Waals surface area contributed by atoms with Gasteiger partial charge in [-0.05, 0) is 32.7 Å². The van der Waals surface area contributed by atoms with E-state index in [9.17, 15) is 0 Å². The summed E-state index contributed by atoms with van der Waals surface area (Å²) >= 11 is 1.75. The zero-order chi connectivity index (χ0) is 10.7. The Balaban J connectivity index is 1.75. The molecular weight excluding hydrogens is 208 g/mol. The third kappa shape index (κ3) is 3.00. The van der Waals surface area contributed by atoms with Crippen molar-refractivity contribution in [1.29, 1.82) is 0 Å². The number of aryl methyl sites for hydroxylation is 2. The van der Waals surface area contributed by atoms with E-state index in [-0.39, 0.29) is 0 Å². The molecule has 0 unspecified atom stereocenters. The molecular formula is C11H18N2OS. The van der Waals surface area contributed by atoms with E-state index in [4.69, 9.17) is 4.74 Å². The van der Waals surface area contributed by atoms with Crippen molar-refractivity contribution in [3.8, 4) is 0 Å². The van der Waals surface area contributed by atoms with Crippen molar-refractivity contribution in [2.75, 3.05) is 19.7 Å². The number of aromatic nitrogens is 1. The summed E-state index contributed by atoms with van der Waals surface area (Å²) in [6, 6.07) is 0. The maximum atomic E-state index is 5.73. The molecule has 84 valence electrons. The van der Waals surface area contributed by atoms with Crippen LogP contribution in [0.2, 0.25) is 0 Å². The van der Waals surface area contributed by atoms with Crippen LogP contribution in [0.4, 0.5) is 0 Å². The van der Waals surface area contributed by atoms with Crippen molar-refractivity contribution >= 4 is 11.3 Å². The summed E-state index contributed by atoms with van der Waals surface area (Å²) in [7, 11) is 0. The smallest absolute Gasteiger partial charge is 0.0900 e. The van der Waals surface area contributed by atoms with Gasteiger partial charge in [-0.2, -0.15) is 0 Å². The Kier molecular flexibility index (Phi) is 3.72. The molecule has 0 aromatic carbocycles. The van der Waals surface area contributed by atoms with Gasteiger partial charge in [-0.3, -0.25) is 0 Å². The van der Waals surface area contributed by atoms with Gasteiger partial charge < -0.3 is 10.1 Å². The van der Waals surface area contributed by atoms with E-state index in [0.29, 0.717) is 5.92 Å². The topological polar surface area (TPSA) is 34.1 Å². The van der Waals surface area contributed by atoms with Gasteiger partial charge in [-0.1, -0.05) is 0 Å². The van der Waals surface area contributed by atoms with Gasteiger partial charge in [0.05, 0.1) is 28.8 Å². The molecule has 0 saturated carbocycles. The Bertz CT molecular complexity index is 318. The van der Waals surface area contributed by atoms with Crippen LogP contribution in [-0.2, 0) is 11.3 Å². The lowest BCUT2D eigenvalue weighted by molar-refractivity contribution is 0.0938. The van der Waals surface area contributed by atoms with Gasteiger partial charge in [0.15, 0.2) is 0 Å². The molecule has 4 heteroatoms. The van der Waals surface area contributed by atoms with Crippen LogP contribution < -0.4 is 5.32 Å². The maximum Gasteiger partial charge on any atom is 0.0900 e. The summed E-state index contributed by atoms with van der Waals surface area (Å²) < 4.78 is 5.73. The molecule has 1 fully saturated rings. The lowest BCUT2D eigenvalue weighted by atomic mass is 10.1. The maximum absolute atomic E-state index is 5.73.